The molecule has 3 heterocycles. The molecule has 0 amide bonds. The second kappa shape index (κ2) is 9.87. The van der Waals surface area contributed by atoms with Gasteiger partial charge in [-0.15, -0.1) is 0 Å². The predicted octanol–water partition coefficient (Wildman–Crippen LogP) is 2.50. The predicted molar refractivity (Wildman–Crippen MR) is 126 cm³/mol. The number of piperidine rings is 1. The van der Waals surface area contributed by atoms with Crippen molar-refractivity contribution in [2.45, 2.75) is 38.1 Å². The van der Waals surface area contributed by atoms with Gasteiger partial charge in [0.1, 0.15) is 5.82 Å². The van der Waals surface area contributed by atoms with Gasteiger partial charge in [-0.2, -0.15) is 4.98 Å². The van der Waals surface area contributed by atoms with Crippen LogP contribution in [0, 0.1) is 0 Å². The maximum Gasteiger partial charge on any atom is 0.227 e. The van der Waals surface area contributed by atoms with E-state index in [0.29, 0.717) is 6.61 Å². The smallest absolute Gasteiger partial charge is 0.227 e. The highest BCUT2D eigenvalue weighted by atomic mass is 16.5. The highest BCUT2D eigenvalue weighted by Gasteiger charge is 2.24. The van der Waals surface area contributed by atoms with E-state index in [4.69, 9.17) is 25.2 Å². The lowest BCUT2D eigenvalue weighted by Gasteiger charge is -2.33. The zero-order chi connectivity index (χ0) is 21.8. The van der Waals surface area contributed by atoms with Gasteiger partial charge >= 0.3 is 0 Å². The van der Waals surface area contributed by atoms with Crippen LogP contribution in [-0.2, 0) is 0 Å². The van der Waals surface area contributed by atoms with Gasteiger partial charge in [-0.3, -0.25) is 0 Å². The Bertz CT molecular complexity index is 884. The Morgan fingerprint density at radius 3 is 2.55 bits per heavy atom. The van der Waals surface area contributed by atoms with Gasteiger partial charge in [0.05, 0.1) is 19.2 Å². The third kappa shape index (κ3) is 5.13. The number of benzene rings is 1. The van der Waals surface area contributed by atoms with Gasteiger partial charge < -0.3 is 29.9 Å². The number of aromatic nitrogens is 2. The molecule has 1 atom stereocenters. The van der Waals surface area contributed by atoms with Crippen LogP contribution in [0.4, 0.5) is 11.8 Å². The summed E-state index contributed by atoms with van der Waals surface area (Å²) in [5, 5.41) is 0.995. The minimum absolute atomic E-state index is 0.176. The summed E-state index contributed by atoms with van der Waals surface area (Å²) < 4.78 is 11.8. The van der Waals surface area contributed by atoms with Gasteiger partial charge in [0, 0.05) is 50.2 Å². The third-order valence-corrected chi connectivity index (χ3v) is 6.10. The number of fused-ring (bicyclic) bond motifs is 1. The van der Waals surface area contributed by atoms with E-state index in [-0.39, 0.29) is 6.04 Å². The van der Waals surface area contributed by atoms with Gasteiger partial charge in [0.2, 0.25) is 5.95 Å². The summed E-state index contributed by atoms with van der Waals surface area (Å²) in [6.45, 7) is 5.42. The van der Waals surface area contributed by atoms with Gasteiger partial charge in [0.25, 0.3) is 0 Å². The normalized spacial score (nSPS) is 19.5. The zero-order valence-corrected chi connectivity index (χ0v) is 19.1. The molecule has 0 radical (unpaired) electrons. The fourth-order valence-corrected chi connectivity index (χ4v) is 4.45. The number of hydrogen-bond donors (Lipinski definition) is 1. The van der Waals surface area contributed by atoms with Crippen LogP contribution in [0.3, 0.4) is 0 Å². The first kappa shape index (κ1) is 21.9. The highest BCUT2D eigenvalue weighted by molar-refractivity contribution is 5.93. The van der Waals surface area contributed by atoms with Crippen LogP contribution in [0.5, 0.6) is 11.5 Å². The molecule has 0 bridgehead atoms. The van der Waals surface area contributed by atoms with E-state index in [1.807, 2.05) is 12.1 Å². The standard InChI is InChI=1S/C23H36N6O2/c1-27(2)9-7-13-31-21-15-19-18(14-20(21)30-3)22(29-12-6-8-17(24)16-29)26-23(25-19)28-10-4-5-11-28/h14-15,17H,4-13,16,24H2,1-3H3. The third-order valence-electron chi connectivity index (χ3n) is 6.10. The van der Waals surface area contributed by atoms with Gasteiger partial charge in [-0.25, -0.2) is 4.98 Å². The van der Waals surface area contributed by atoms with E-state index >= 15 is 0 Å². The van der Waals surface area contributed by atoms with Crippen LogP contribution in [-0.4, -0.2) is 81.4 Å². The molecule has 31 heavy (non-hydrogen) atoms. The molecule has 2 aliphatic heterocycles. The maximum absolute atomic E-state index is 6.29. The number of nitrogens with zero attached hydrogens (tertiary/aromatic N) is 5. The quantitative estimate of drug-likeness (QED) is 0.643. The number of anilines is 2. The number of rotatable bonds is 8. The van der Waals surface area contributed by atoms with Crippen molar-refractivity contribution in [2.24, 2.45) is 5.73 Å². The summed E-state index contributed by atoms with van der Waals surface area (Å²) in [6.07, 6.45) is 5.47. The molecule has 0 spiro atoms. The molecule has 0 aliphatic carbocycles. The Morgan fingerprint density at radius 1 is 1.06 bits per heavy atom. The molecule has 1 unspecified atom stereocenters. The van der Waals surface area contributed by atoms with Crippen LogP contribution < -0.4 is 25.0 Å². The van der Waals surface area contributed by atoms with Crippen molar-refractivity contribution in [1.29, 1.82) is 0 Å². The minimum Gasteiger partial charge on any atom is -0.493 e. The molecule has 1 aromatic carbocycles. The Kier molecular flexibility index (Phi) is 6.97. The van der Waals surface area contributed by atoms with E-state index in [9.17, 15) is 0 Å². The average Bonchev–Trinajstić information content (AvgIpc) is 3.30. The molecule has 2 aliphatic rings. The molecule has 2 fully saturated rings. The summed E-state index contributed by atoms with van der Waals surface area (Å²) in [7, 11) is 5.83. The topological polar surface area (TPSA) is 80.0 Å². The summed E-state index contributed by atoms with van der Waals surface area (Å²) in [5.74, 6) is 3.22. The first-order chi connectivity index (χ1) is 15.0. The lowest BCUT2D eigenvalue weighted by molar-refractivity contribution is 0.268. The number of ether oxygens (including phenoxy) is 2. The molecular weight excluding hydrogens is 392 g/mol. The van der Waals surface area contributed by atoms with Crippen molar-refractivity contribution in [2.75, 3.05) is 70.3 Å². The summed E-state index contributed by atoms with van der Waals surface area (Å²) >= 11 is 0. The van der Waals surface area contributed by atoms with E-state index in [2.05, 4.69) is 28.8 Å². The maximum atomic E-state index is 6.29. The molecule has 4 rings (SSSR count). The van der Waals surface area contributed by atoms with Crippen molar-refractivity contribution >= 4 is 22.7 Å². The van der Waals surface area contributed by atoms with E-state index < -0.39 is 0 Å². The van der Waals surface area contributed by atoms with Crippen molar-refractivity contribution in [1.82, 2.24) is 14.9 Å². The lowest BCUT2D eigenvalue weighted by atomic mass is 10.1. The Balaban J connectivity index is 1.71. The molecule has 8 heteroatoms. The monoisotopic (exact) mass is 428 g/mol. The van der Waals surface area contributed by atoms with Gasteiger partial charge in [0.15, 0.2) is 11.5 Å². The first-order valence-corrected chi connectivity index (χ1v) is 11.5. The van der Waals surface area contributed by atoms with Crippen molar-refractivity contribution in [3.63, 3.8) is 0 Å². The van der Waals surface area contributed by atoms with Crippen molar-refractivity contribution in [3.8, 4) is 11.5 Å². The second-order valence-electron chi connectivity index (χ2n) is 8.92. The second-order valence-corrected chi connectivity index (χ2v) is 8.92. The lowest BCUT2D eigenvalue weighted by Crippen LogP contribution is -2.43. The minimum atomic E-state index is 0.176. The molecule has 0 saturated carbocycles. The van der Waals surface area contributed by atoms with Crippen LogP contribution in [0.15, 0.2) is 12.1 Å². The van der Waals surface area contributed by atoms with Crippen molar-refractivity contribution in [3.05, 3.63) is 12.1 Å². The number of methoxy groups -OCH3 is 1. The van der Waals surface area contributed by atoms with Crippen LogP contribution in [0.25, 0.3) is 10.9 Å². The summed E-state index contributed by atoms with van der Waals surface area (Å²) in [4.78, 5) is 16.7. The average molecular weight is 429 g/mol. The van der Waals surface area contributed by atoms with E-state index in [1.54, 1.807) is 7.11 Å². The molecule has 170 valence electrons. The SMILES string of the molecule is COc1cc2c(N3CCCC(N)C3)nc(N3CCCC3)nc2cc1OCCCN(C)C. The fraction of sp³-hybridized carbons (Fsp3) is 0.652. The molecule has 2 saturated heterocycles. The number of hydrogen-bond acceptors (Lipinski definition) is 8. The molecule has 2 N–H and O–H groups in total. The zero-order valence-electron chi connectivity index (χ0n) is 19.1. The van der Waals surface area contributed by atoms with Crippen LogP contribution in [0.1, 0.15) is 32.1 Å². The Hall–Kier alpha value is -2.32. The van der Waals surface area contributed by atoms with Crippen LogP contribution in [0.2, 0.25) is 0 Å². The summed E-state index contributed by atoms with van der Waals surface area (Å²) in [6, 6.07) is 4.22. The molecular formula is C23H36N6O2. The van der Waals surface area contributed by atoms with E-state index in [0.717, 1.165) is 86.2 Å². The van der Waals surface area contributed by atoms with E-state index in [1.165, 1.54) is 12.8 Å². The number of nitrogens with two attached hydrogens (primary N) is 1. The van der Waals surface area contributed by atoms with Crippen LogP contribution >= 0.6 is 0 Å². The first-order valence-electron chi connectivity index (χ1n) is 11.5. The largest absolute Gasteiger partial charge is 0.493 e. The molecule has 2 aromatic rings. The van der Waals surface area contributed by atoms with Gasteiger partial charge in [-0.1, -0.05) is 0 Å². The van der Waals surface area contributed by atoms with Gasteiger partial charge in [-0.05, 0) is 52.3 Å². The highest BCUT2D eigenvalue weighted by Crippen LogP contribution is 2.37. The Morgan fingerprint density at radius 2 is 1.84 bits per heavy atom. The summed E-state index contributed by atoms with van der Waals surface area (Å²) in [5.41, 5.74) is 7.19. The molecule has 1 aromatic heterocycles. The molecule has 8 nitrogen and oxygen atoms in total. The fourth-order valence-electron chi connectivity index (χ4n) is 4.45. The van der Waals surface area contributed by atoms with Crippen molar-refractivity contribution < 1.29 is 9.47 Å². The Labute approximate surface area is 185 Å².